The van der Waals surface area contributed by atoms with Gasteiger partial charge in [-0.15, -0.1) is 0 Å². The minimum absolute atomic E-state index is 0.0690. The molecule has 0 aliphatic heterocycles. The van der Waals surface area contributed by atoms with Crippen LogP contribution in [0.25, 0.3) is 0 Å². The molecule has 3 aromatic rings. The molecule has 0 aliphatic rings. The van der Waals surface area contributed by atoms with E-state index in [2.05, 4.69) is 5.32 Å². The van der Waals surface area contributed by atoms with Crippen molar-refractivity contribution < 1.29 is 27.5 Å². The lowest BCUT2D eigenvalue weighted by atomic mass is 10.1. The van der Waals surface area contributed by atoms with Crippen molar-refractivity contribution in [1.82, 2.24) is 10.2 Å². The van der Waals surface area contributed by atoms with Crippen LogP contribution in [0.2, 0.25) is 15.1 Å². The van der Waals surface area contributed by atoms with Gasteiger partial charge >= 0.3 is 0 Å². The molecule has 0 unspecified atom stereocenters. The number of nitrogens with zero attached hydrogens (tertiary/aromatic N) is 2. The van der Waals surface area contributed by atoms with Crippen molar-refractivity contribution in [2.24, 2.45) is 0 Å². The summed E-state index contributed by atoms with van der Waals surface area (Å²) in [7, 11) is -1.51. The van der Waals surface area contributed by atoms with Crippen molar-refractivity contribution in [2.75, 3.05) is 31.6 Å². The number of ether oxygens (including phenoxy) is 2. The summed E-state index contributed by atoms with van der Waals surface area (Å²) in [6.07, 6.45) is 0.698. The number of anilines is 1. The molecular weight excluding hydrogens is 625 g/mol. The minimum atomic E-state index is -4.34. The Morgan fingerprint density at radius 2 is 1.55 bits per heavy atom. The first-order valence-corrected chi connectivity index (χ1v) is 15.5. The molecule has 0 fully saturated rings. The lowest BCUT2D eigenvalue weighted by Gasteiger charge is -2.32. The number of carbonyl (C=O) groups excluding carboxylic acids is 2. The molecule has 42 heavy (non-hydrogen) atoms. The summed E-state index contributed by atoms with van der Waals surface area (Å²) in [6, 6.07) is 14.0. The van der Waals surface area contributed by atoms with Gasteiger partial charge in [-0.1, -0.05) is 47.8 Å². The van der Waals surface area contributed by atoms with Crippen LogP contribution in [0.15, 0.2) is 65.6 Å². The van der Waals surface area contributed by atoms with E-state index in [4.69, 9.17) is 44.3 Å². The highest BCUT2D eigenvalue weighted by molar-refractivity contribution is 7.92. The average molecular weight is 657 g/mol. The fourth-order valence-electron chi connectivity index (χ4n) is 4.05. The second-order valence-electron chi connectivity index (χ2n) is 9.23. The number of nitrogens with one attached hydrogen (secondary N) is 1. The Kier molecular flexibility index (Phi) is 11.8. The maximum Gasteiger partial charge on any atom is 0.264 e. The Balaban J connectivity index is 2.07. The molecule has 0 saturated carbocycles. The van der Waals surface area contributed by atoms with Gasteiger partial charge in [-0.2, -0.15) is 0 Å². The fraction of sp³-hybridized carbons (Fsp3) is 0.310. The molecule has 0 radical (unpaired) electrons. The van der Waals surface area contributed by atoms with Crippen LogP contribution in [-0.2, 0) is 26.2 Å². The lowest BCUT2D eigenvalue weighted by molar-refractivity contribution is -0.139. The van der Waals surface area contributed by atoms with E-state index >= 15 is 0 Å². The van der Waals surface area contributed by atoms with Gasteiger partial charge in [0.1, 0.15) is 12.6 Å². The molecule has 0 bridgehead atoms. The molecule has 0 spiro atoms. The maximum absolute atomic E-state index is 14.0. The third-order valence-corrected chi connectivity index (χ3v) is 9.02. The molecule has 3 rings (SSSR count). The van der Waals surface area contributed by atoms with Gasteiger partial charge in [0.05, 0.1) is 24.8 Å². The monoisotopic (exact) mass is 655 g/mol. The van der Waals surface area contributed by atoms with E-state index in [1.807, 2.05) is 6.92 Å². The van der Waals surface area contributed by atoms with Crippen molar-refractivity contribution in [1.29, 1.82) is 0 Å². The van der Waals surface area contributed by atoms with Crippen molar-refractivity contribution in [3.05, 3.63) is 81.3 Å². The lowest BCUT2D eigenvalue weighted by Crippen LogP contribution is -2.51. The molecule has 13 heteroatoms. The Labute approximate surface area is 261 Å². The van der Waals surface area contributed by atoms with Crippen LogP contribution in [0, 0.1) is 0 Å². The van der Waals surface area contributed by atoms with E-state index in [-0.39, 0.29) is 22.9 Å². The average Bonchev–Trinajstić information content (AvgIpc) is 2.97. The zero-order valence-electron chi connectivity index (χ0n) is 23.6. The Morgan fingerprint density at radius 3 is 2.14 bits per heavy atom. The number of hydrogen-bond acceptors (Lipinski definition) is 6. The summed E-state index contributed by atoms with van der Waals surface area (Å²) in [5.41, 5.74) is 0.723. The number of benzene rings is 3. The van der Waals surface area contributed by atoms with E-state index < -0.39 is 34.4 Å². The third-order valence-electron chi connectivity index (χ3n) is 6.41. The Bertz CT molecular complexity index is 1520. The molecule has 0 aromatic heterocycles. The second-order valence-corrected chi connectivity index (χ2v) is 12.4. The van der Waals surface area contributed by atoms with Gasteiger partial charge in [0, 0.05) is 34.2 Å². The van der Waals surface area contributed by atoms with Crippen molar-refractivity contribution in [2.45, 2.75) is 37.8 Å². The maximum atomic E-state index is 14.0. The van der Waals surface area contributed by atoms with E-state index in [0.29, 0.717) is 39.3 Å². The number of halogens is 3. The number of sulfonamides is 1. The summed E-state index contributed by atoms with van der Waals surface area (Å²) < 4.78 is 39.6. The number of carbonyl (C=O) groups is 2. The summed E-state index contributed by atoms with van der Waals surface area (Å²) in [6.45, 7) is 3.19. The first-order valence-electron chi connectivity index (χ1n) is 12.9. The third kappa shape index (κ3) is 8.01. The van der Waals surface area contributed by atoms with Gasteiger partial charge in [-0.3, -0.25) is 13.9 Å². The Hall–Kier alpha value is -3.18. The highest BCUT2D eigenvalue weighted by Gasteiger charge is 2.33. The second kappa shape index (κ2) is 14.8. The highest BCUT2D eigenvalue weighted by atomic mass is 35.5. The summed E-state index contributed by atoms with van der Waals surface area (Å²) in [5.74, 6) is -0.500. The molecule has 0 saturated heterocycles. The van der Waals surface area contributed by atoms with E-state index in [9.17, 15) is 18.0 Å². The van der Waals surface area contributed by atoms with Crippen LogP contribution >= 0.6 is 34.8 Å². The number of methoxy groups -OCH3 is 2. The molecule has 226 valence electrons. The minimum Gasteiger partial charge on any atom is -0.493 e. The molecule has 1 atom stereocenters. The highest BCUT2D eigenvalue weighted by Crippen LogP contribution is 2.33. The van der Waals surface area contributed by atoms with E-state index in [1.54, 1.807) is 19.1 Å². The van der Waals surface area contributed by atoms with Crippen molar-refractivity contribution in [3.63, 3.8) is 0 Å². The number of hydrogen-bond donors (Lipinski definition) is 1. The van der Waals surface area contributed by atoms with Gasteiger partial charge in [0.25, 0.3) is 10.0 Å². The van der Waals surface area contributed by atoms with Gasteiger partial charge in [0.2, 0.25) is 11.8 Å². The van der Waals surface area contributed by atoms with Gasteiger partial charge in [-0.25, -0.2) is 8.42 Å². The topological polar surface area (TPSA) is 105 Å². The van der Waals surface area contributed by atoms with Gasteiger partial charge in [-0.05, 0) is 67.4 Å². The van der Waals surface area contributed by atoms with Crippen LogP contribution in [0.5, 0.6) is 11.5 Å². The fourth-order valence-corrected chi connectivity index (χ4v) is 6.08. The van der Waals surface area contributed by atoms with Crippen LogP contribution in [0.4, 0.5) is 5.69 Å². The molecule has 2 amide bonds. The van der Waals surface area contributed by atoms with E-state index in [0.717, 1.165) is 4.31 Å². The summed E-state index contributed by atoms with van der Waals surface area (Å²) in [4.78, 5) is 28.1. The van der Waals surface area contributed by atoms with Crippen molar-refractivity contribution in [3.8, 4) is 11.5 Å². The standard InChI is InChI=1S/C29H32Cl3N3O6S/c1-5-14-33-29(37)19(2)34(17-20-6-7-22(31)15-25(20)32)28(36)18-35(23-10-8-21(30)9-11-23)42(38,39)24-12-13-26(40-3)27(16-24)41-4/h6-13,15-16,19H,5,14,17-18H2,1-4H3,(H,33,37)/t19-/m1/s1. The van der Waals surface area contributed by atoms with E-state index in [1.165, 1.54) is 67.7 Å². The molecular formula is C29H32Cl3N3O6S. The normalized spacial score (nSPS) is 11.9. The van der Waals surface area contributed by atoms with Crippen molar-refractivity contribution >= 4 is 62.3 Å². The zero-order valence-corrected chi connectivity index (χ0v) is 26.6. The first kappa shape index (κ1) is 33.3. The van der Waals surface area contributed by atoms with Crippen LogP contribution in [0.1, 0.15) is 25.8 Å². The molecule has 1 N–H and O–H groups in total. The quantitative estimate of drug-likeness (QED) is 0.249. The van der Waals surface area contributed by atoms with Crippen LogP contribution in [-0.4, -0.2) is 58.5 Å². The summed E-state index contributed by atoms with van der Waals surface area (Å²) >= 11 is 18.5. The number of amides is 2. The van der Waals surface area contributed by atoms with Crippen LogP contribution < -0.4 is 19.1 Å². The molecule has 0 aliphatic carbocycles. The van der Waals surface area contributed by atoms with Gasteiger partial charge < -0.3 is 19.7 Å². The smallest absolute Gasteiger partial charge is 0.264 e. The zero-order chi connectivity index (χ0) is 31.0. The predicted molar refractivity (Wildman–Crippen MR) is 165 cm³/mol. The summed E-state index contributed by atoms with van der Waals surface area (Å²) in [5, 5.41) is 3.88. The SMILES string of the molecule is CCCNC(=O)[C@@H](C)N(Cc1ccc(Cl)cc1Cl)C(=O)CN(c1ccc(Cl)cc1)S(=O)(=O)c1ccc(OC)c(OC)c1. The van der Waals surface area contributed by atoms with Gasteiger partial charge in [0.15, 0.2) is 11.5 Å². The molecule has 9 nitrogen and oxygen atoms in total. The Morgan fingerprint density at radius 1 is 0.905 bits per heavy atom. The predicted octanol–water partition coefficient (Wildman–Crippen LogP) is 5.80. The molecule has 3 aromatic carbocycles. The van der Waals surface area contributed by atoms with Crippen LogP contribution in [0.3, 0.4) is 0 Å². The molecule has 0 heterocycles. The first-order chi connectivity index (χ1) is 19.9. The number of rotatable bonds is 13. The largest absolute Gasteiger partial charge is 0.493 e.